The fraction of sp³-hybridized carbons (Fsp3) is 0.0833. The van der Waals surface area contributed by atoms with Crippen LogP contribution in [0.3, 0.4) is 0 Å². The molecule has 0 radical (unpaired) electrons. The summed E-state index contributed by atoms with van der Waals surface area (Å²) in [4.78, 5) is 11.8. The minimum absolute atomic E-state index is 0.118. The van der Waals surface area contributed by atoms with Crippen LogP contribution in [0, 0.1) is 12.7 Å². The second kappa shape index (κ2) is 4.79. The van der Waals surface area contributed by atoms with Gasteiger partial charge in [0.25, 0.3) is 5.91 Å². The van der Waals surface area contributed by atoms with Crippen LogP contribution in [0.15, 0.2) is 30.3 Å². The molecule has 0 atom stereocenters. The normalized spacial score (nSPS) is 10.1. The van der Waals surface area contributed by atoms with Crippen LogP contribution in [0.25, 0.3) is 0 Å². The van der Waals surface area contributed by atoms with Crippen LogP contribution >= 0.6 is 0 Å². The zero-order valence-corrected chi connectivity index (χ0v) is 9.64. The van der Waals surface area contributed by atoms with E-state index in [0.717, 1.165) is 0 Å². The molecule has 2 rings (SSSR count). The molecule has 0 aliphatic carbocycles. The van der Waals surface area contributed by atoms with E-state index in [2.05, 4.69) is 15.5 Å². The summed E-state index contributed by atoms with van der Waals surface area (Å²) in [6.45, 7) is 1.58. The Bertz CT molecular complexity index is 583. The van der Waals surface area contributed by atoms with E-state index in [1.807, 2.05) is 0 Å². The maximum atomic E-state index is 13.3. The molecule has 1 amide bonds. The van der Waals surface area contributed by atoms with Crippen molar-refractivity contribution in [1.82, 2.24) is 10.2 Å². The highest BCUT2D eigenvalue weighted by molar-refractivity contribution is 6.03. The van der Waals surface area contributed by atoms with Crippen molar-refractivity contribution in [2.45, 2.75) is 6.92 Å². The van der Waals surface area contributed by atoms with Gasteiger partial charge in [0.05, 0.1) is 0 Å². The first kappa shape index (κ1) is 12.0. The maximum absolute atomic E-state index is 13.3. The molecule has 0 saturated carbocycles. The molecule has 3 N–H and O–H groups in total. The van der Waals surface area contributed by atoms with E-state index in [0.29, 0.717) is 11.3 Å². The first-order valence-electron chi connectivity index (χ1n) is 5.23. The summed E-state index contributed by atoms with van der Waals surface area (Å²) in [6.07, 6.45) is 0. The SMILES string of the molecule is Cc1c(F)cccc1NC(=O)c1ccc(N)nn1. The van der Waals surface area contributed by atoms with Crippen molar-refractivity contribution in [3.63, 3.8) is 0 Å². The third kappa shape index (κ3) is 2.42. The summed E-state index contributed by atoms with van der Waals surface area (Å²) >= 11 is 0. The van der Waals surface area contributed by atoms with Crippen molar-refractivity contribution >= 4 is 17.4 Å². The Labute approximate surface area is 103 Å². The largest absolute Gasteiger partial charge is 0.382 e. The molecular weight excluding hydrogens is 235 g/mol. The van der Waals surface area contributed by atoms with E-state index in [-0.39, 0.29) is 17.3 Å². The highest BCUT2D eigenvalue weighted by Crippen LogP contribution is 2.17. The van der Waals surface area contributed by atoms with Gasteiger partial charge < -0.3 is 11.1 Å². The standard InChI is InChI=1S/C12H11FN4O/c1-7-8(13)3-2-4-9(7)15-12(18)10-5-6-11(14)17-16-10/h2-6H,1H3,(H2,14,17)(H,15,18). The van der Waals surface area contributed by atoms with Crippen molar-refractivity contribution in [2.24, 2.45) is 0 Å². The average molecular weight is 246 g/mol. The van der Waals surface area contributed by atoms with Crippen LogP contribution in [-0.4, -0.2) is 16.1 Å². The predicted octanol–water partition coefficient (Wildman–Crippen LogP) is 1.76. The van der Waals surface area contributed by atoms with Gasteiger partial charge in [-0.05, 0) is 31.2 Å². The molecule has 0 saturated heterocycles. The predicted molar refractivity (Wildman–Crippen MR) is 65.5 cm³/mol. The Balaban J connectivity index is 2.21. The van der Waals surface area contributed by atoms with E-state index < -0.39 is 5.91 Å². The van der Waals surface area contributed by atoms with Crippen LogP contribution < -0.4 is 11.1 Å². The van der Waals surface area contributed by atoms with Gasteiger partial charge in [0.1, 0.15) is 11.6 Å². The fourth-order valence-electron chi connectivity index (χ4n) is 1.39. The highest BCUT2D eigenvalue weighted by Gasteiger charge is 2.11. The number of carbonyl (C=O) groups is 1. The third-order valence-electron chi connectivity index (χ3n) is 2.43. The van der Waals surface area contributed by atoms with Crippen LogP contribution in [0.1, 0.15) is 16.1 Å². The molecular formula is C12H11FN4O. The summed E-state index contributed by atoms with van der Waals surface area (Å²) in [5.74, 6) is -0.610. The number of aromatic nitrogens is 2. The van der Waals surface area contributed by atoms with Crippen molar-refractivity contribution in [1.29, 1.82) is 0 Å². The van der Waals surface area contributed by atoms with Crippen molar-refractivity contribution in [2.75, 3.05) is 11.1 Å². The summed E-state index contributed by atoms with van der Waals surface area (Å²) < 4.78 is 13.3. The molecule has 6 heteroatoms. The van der Waals surface area contributed by atoms with Gasteiger partial charge in [-0.2, -0.15) is 0 Å². The molecule has 0 aliphatic heterocycles. The molecule has 0 fully saturated rings. The van der Waals surface area contributed by atoms with Gasteiger partial charge >= 0.3 is 0 Å². The second-order valence-electron chi connectivity index (χ2n) is 3.71. The van der Waals surface area contributed by atoms with Gasteiger partial charge in [0.2, 0.25) is 0 Å². The Morgan fingerprint density at radius 2 is 2.06 bits per heavy atom. The van der Waals surface area contributed by atoms with Gasteiger partial charge in [-0.25, -0.2) is 4.39 Å². The van der Waals surface area contributed by atoms with E-state index in [1.165, 1.54) is 24.3 Å². The second-order valence-corrected chi connectivity index (χ2v) is 3.71. The number of amides is 1. The quantitative estimate of drug-likeness (QED) is 0.846. The van der Waals surface area contributed by atoms with E-state index in [9.17, 15) is 9.18 Å². The number of hydrogen-bond donors (Lipinski definition) is 2. The number of benzene rings is 1. The minimum atomic E-state index is -0.462. The minimum Gasteiger partial charge on any atom is -0.382 e. The monoisotopic (exact) mass is 246 g/mol. The summed E-state index contributed by atoms with van der Waals surface area (Å²) in [7, 11) is 0. The number of nitrogens with zero attached hydrogens (tertiary/aromatic N) is 2. The molecule has 2 aromatic rings. The first-order chi connectivity index (χ1) is 8.58. The molecule has 5 nitrogen and oxygen atoms in total. The maximum Gasteiger partial charge on any atom is 0.276 e. The average Bonchev–Trinajstić information content (AvgIpc) is 2.36. The molecule has 1 aromatic heterocycles. The summed E-state index contributed by atoms with van der Waals surface area (Å²) in [5, 5.41) is 9.78. The molecule has 92 valence electrons. The van der Waals surface area contributed by atoms with Gasteiger partial charge in [0.15, 0.2) is 5.69 Å². The highest BCUT2D eigenvalue weighted by atomic mass is 19.1. The Hall–Kier alpha value is -2.50. The molecule has 0 bridgehead atoms. The number of carbonyl (C=O) groups excluding carboxylic acids is 1. The molecule has 1 aromatic carbocycles. The van der Waals surface area contributed by atoms with Crippen molar-refractivity contribution < 1.29 is 9.18 Å². The summed E-state index contributed by atoms with van der Waals surface area (Å²) in [5.41, 5.74) is 6.26. The lowest BCUT2D eigenvalue weighted by Crippen LogP contribution is -2.15. The smallest absolute Gasteiger partial charge is 0.276 e. The van der Waals surface area contributed by atoms with Gasteiger partial charge in [0, 0.05) is 11.3 Å². The zero-order chi connectivity index (χ0) is 13.1. The lowest BCUT2D eigenvalue weighted by Gasteiger charge is -2.08. The molecule has 0 spiro atoms. The molecule has 0 unspecified atom stereocenters. The van der Waals surface area contributed by atoms with Crippen LogP contribution in [0.5, 0.6) is 0 Å². The van der Waals surface area contributed by atoms with Crippen LogP contribution in [-0.2, 0) is 0 Å². The Morgan fingerprint density at radius 1 is 1.28 bits per heavy atom. The number of anilines is 2. The number of hydrogen-bond acceptors (Lipinski definition) is 4. The lowest BCUT2D eigenvalue weighted by atomic mass is 10.2. The van der Waals surface area contributed by atoms with Gasteiger partial charge in [-0.1, -0.05) is 6.07 Å². The Morgan fingerprint density at radius 3 is 2.72 bits per heavy atom. The third-order valence-corrected chi connectivity index (χ3v) is 2.43. The molecule has 1 heterocycles. The fourth-order valence-corrected chi connectivity index (χ4v) is 1.39. The molecule has 18 heavy (non-hydrogen) atoms. The van der Waals surface area contributed by atoms with Crippen LogP contribution in [0.4, 0.5) is 15.9 Å². The number of nitrogens with two attached hydrogens (primary N) is 1. The number of nitrogen functional groups attached to an aromatic ring is 1. The van der Waals surface area contributed by atoms with Crippen molar-refractivity contribution in [3.05, 3.63) is 47.4 Å². The van der Waals surface area contributed by atoms with Crippen molar-refractivity contribution in [3.8, 4) is 0 Å². The Kier molecular flexibility index (Phi) is 3.18. The number of nitrogens with one attached hydrogen (secondary N) is 1. The topological polar surface area (TPSA) is 80.9 Å². The van der Waals surface area contributed by atoms with E-state index >= 15 is 0 Å². The van der Waals surface area contributed by atoms with E-state index in [1.54, 1.807) is 13.0 Å². The van der Waals surface area contributed by atoms with Gasteiger partial charge in [-0.3, -0.25) is 4.79 Å². The van der Waals surface area contributed by atoms with Crippen LogP contribution in [0.2, 0.25) is 0 Å². The zero-order valence-electron chi connectivity index (χ0n) is 9.64. The van der Waals surface area contributed by atoms with Gasteiger partial charge in [-0.15, -0.1) is 10.2 Å². The molecule has 0 aliphatic rings. The number of rotatable bonds is 2. The summed E-state index contributed by atoms with van der Waals surface area (Å²) in [6, 6.07) is 7.38. The lowest BCUT2D eigenvalue weighted by molar-refractivity contribution is 0.102. The van der Waals surface area contributed by atoms with E-state index in [4.69, 9.17) is 5.73 Å². The number of halogens is 1. The first-order valence-corrected chi connectivity index (χ1v) is 5.23.